The van der Waals surface area contributed by atoms with Gasteiger partial charge in [0.1, 0.15) is 0 Å². The van der Waals surface area contributed by atoms with Crippen molar-refractivity contribution in [3.63, 3.8) is 0 Å². The molecule has 0 saturated carbocycles. The van der Waals surface area contributed by atoms with Crippen molar-refractivity contribution in [1.29, 1.82) is 0 Å². The molecule has 1 amide bonds. The van der Waals surface area contributed by atoms with Gasteiger partial charge in [-0.25, -0.2) is 0 Å². The SMILES string of the molecule is CCCCN(CCCC)C(=O)CNC.Cl. The molecule has 0 rings (SSSR count). The van der Waals surface area contributed by atoms with E-state index in [-0.39, 0.29) is 18.3 Å². The molecule has 0 atom stereocenters. The number of likely N-dealkylation sites (N-methyl/N-ethyl adjacent to an activating group) is 1. The van der Waals surface area contributed by atoms with Crippen molar-refractivity contribution in [3.05, 3.63) is 0 Å². The molecule has 1 N–H and O–H groups in total. The third-order valence-corrected chi connectivity index (χ3v) is 2.24. The average Bonchev–Trinajstić information content (AvgIpc) is 2.18. The topological polar surface area (TPSA) is 32.3 Å². The normalized spacial score (nSPS) is 9.53. The molecule has 0 aromatic heterocycles. The minimum absolute atomic E-state index is 0. The van der Waals surface area contributed by atoms with Crippen molar-refractivity contribution in [1.82, 2.24) is 10.2 Å². The van der Waals surface area contributed by atoms with Gasteiger partial charge in [0.25, 0.3) is 0 Å². The third-order valence-electron chi connectivity index (χ3n) is 2.24. The van der Waals surface area contributed by atoms with E-state index in [1.165, 1.54) is 0 Å². The average molecular weight is 237 g/mol. The van der Waals surface area contributed by atoms with Gasteiger partial charge in [0, 0.05) is 13.1 Å². The van der Waals surface area contributed by atoms with Crippen molar-refractivity contribution >= 4 is 18.3 Å². The van der Waals surface area contributed by atoms with Crippen LogP contribution in [0, 0.1) is 0 Å². The smallest absolute Gasteiger partial charge is 0.236 e. The first-order valence-electron chi connectivity index (χ1n) is 5.68. The third kappa shape index (κ3) is 8.70. The van der Waals surface area contributed by atoms with Crippen molar-refractivity contribution in [2.45, 2.75) is 39.5 Å². The van der Waals surface area contributed by atoms with Crippen LogP contribution >= 0.6 is 12.4 Å². The lowest BCUT2D eigenvalue weighted by Gasteiger charge is -2.22. The van der Waals surface area contributed by atoms with Crippen LogP contribution in [0.15, 0.2) is 0 Å². The molecule has 0 spiro atoms. The number of nitrogens with zero attached hydrogens (tertiary/aromatic N) is 1. The van der Waals surface area contributed by atoms with Crippen LogP contribution in [0.5, 0.6) is 0 Å². The molecule has 0 aromatic carbocycles. The zero-order valence-electron chi connectivity index (χ0n) is 10.2. The van der Waals surface area contributed by atoms with Crippen LogP contribution in [-0.2, 0) is 4.79 Å². The summed E-state index contributed by atoms with van der Waals surface area (Å²) in [6.07, 6.45) is 4.52. The number of nitrogens with one attached hydrogen (secondary N) is 1. The van der Waals surface area contributed by atoms with Crippen molar-refractivity contribution in [2.24, 2.45) is 0 Å². The van der Waals surface area contributed by atoms with E-state index >= 15 is 0 Å². The van der Waals surface area contributed by atoms with E-state index in [0.29, 0.717) is 6.54 Å². The molecule has 0 unspecified atom stereocenters. The fourth-order valence-corrected chi connectivity index (χ4v) is 1.32. The van der Waals surface area contributed by atoms with Crippen LogP contribution in [0.3, 0.4) is 0 Å². The molecule has 3 nitrogen and oxygen atoms in total. The van der Waals surface area contributed by atoms with E-state index in [1.807, 2.05) is 11.9 Å². The summed E-state index contributed by atoms with van der Waals surface area (Å²) in [5, 5.41) is 2.91. The molecule has 0 fully saturated rings. The van der Waals surface area contributed by atoms with Crippen LogP contribution in [0.4, 0.5) is 0 Å². The predicted molar refractivity (Wildman–Crippen MR) is 67.6 cm³/mol. The summed E-state index contributed by atoms with van der Waals surface area (Å²) in [7, 11) is 1.82. The summed E-state index contributed by atoms with van der Waals surface area (Å²) in [5.74, 6) is 0.231. The monoisotopic (exact) mass is 236 g/mol. The van der Waals surface area contributed by atoms with Gasteiger partial charge in [0.05, 0.1) is 6.54 Å². The lowest BCUT2D eigenvalue weighted by atomic mass is 10.2. The van der Waals surface area contributed by atoms with Gasteiger partial charge in [0.15, 0.2) is 0 Å². The van der Waals surface area contributed by atoms with Crippen LogP contribution in [0.1, 0.15) is 39.5 Å². The van der Waals surface area contributed by atoms with Gasteiger partial charge in [-0.3, -0.25) is 4.79 Å². The maximum absolute atomic E-state index is 11.6. The van der Waals surface area contributed by atoms with E-state index in [1.54, 1.807) is 0 Å². The molecule has 92 valence electrons. The Labute approximate surface area is 100 Å². The summed E-state index contributed by atoms with van der Waals surface area (Å²) < 4.78 is 0. The zero-order valence-corrected chi connectivity index (χ0v) is 11.0. The number of carbonyl (C=O) groups excluding carboxylic acids is 1. The Hall–Kier alpha value is -0.280. The fraction of sp³-hybridized carbons (Fsp3) is 0.909. The molecule has 0 aliphatic rings. The van der Waals surface area contributed by atoms with E-state index in [0.717, 1.165) is 38.8 Å². The molecule has 15 heavy (non-hydrogen) atoms. The summed E-state index contributed by atoms with van der Waals surface area (Å²) >= 11 is 0. The Kier molecular flexibility index (Phi) is 13.5. The summed E-state index contributed by atoms with van der Waals surface area (Å²) in [6, 6.07) is 0. The molecule has 0 saturated heterocycles. The highest BCUT2D eigenvalue weighted by molar-refractivity contribution is 5.85. The number of unbranched alkanes of at least 4 members (excludes halogenated alkanes) is 2. The van der Waals surface area contributed by atoms with Gasteiger partial charge in [-0.15, -0.1) is 12.4 Å². The lowest BCUT2D eigenvalue weighted by molar-refractivity contribution is -0.130. The van der Waals surface area contributed by atoms with E-state index in [9.17, 15) is 4.79 Å². The van der Waals surface area contributed by atoms with Crippen molar-refractivity contribution in [2.75, 3.05) is 26.7 Å². The largest absolute Gasteiger partial charge is 0.342 e. The van der Waals surface area contributed by atoms with Gasteiger partial charge < -0.3 is 10.2 Å². The molecular formula is C11H25ClN2O. The molecule has 0 bridgehead atoms. The molecule has 0 radical (unpaired) electrons. The molecular weight excluding hydrogens is 212 g/mol. The molecule has 0 aromatic rings. The number of hydrogen-bond acceptors (Lipinski definition) is 2. The highest BCUT2D eigenvalue weighted by Crippen LogP contribution is 1.99. The first-order chi connectivity index (χ1) is 6.76. The second-order valence-corrected chi connectivity index (χ2v) is 3.62. The van der Waals surface area contributed by atoms with Gasteiger partial charge >= 0.3 is 0 Å². The minimum Gasteiger partial charge on any atom is -0.342 e. The molecule has 4 heteroatoms. The van der Waals surface area contributed by atoms with Crippen LogP contribution in [0.2, 0.25) is 0 Å². The fourth-order valence-electron chi connectivity index (χ4n) is 1.32. The van der Waals surface area contributed by atoms with Crippen LogP contribution in [0.25, 0.3) is 0 Å². The summed E-state index contributed by atoms with van der Waals surface area (Å²) in [4.78, 5) is 13.6. The Bertz CT molecular complexity index is 146. The van der Waals surface area contributed by atoms with Crippen LogP contribution in [-0.4, -0.2) is 37.5 Å². The number of amides is 1. The molecule has 0 aliphatic heterocycles. The van der Waals surface area contributed by atoms with Gasteiger partial charge in [-0.2, -0.15) is 0 Å². The molecule has 0 aliphatic carbocycles. The van der Waals surface area contributed by atoms with Crippen molar-refractivity contribution in [3.8, 4) is 0 Å². The molecule has 0 heterocycles. The zero-order chi connectivity index (χ0) is 10.8. The maximum atomic E-state index is 11.6. The second-order valence-electron chi connectivity index (χ2n) is 3.62. The lowest BCUT2D eigenvalue weighted by Crippen LogP contribution is -2.38. The first-order valence-corrected chi connectivity index (χ1v) is 5.68. The second kappa shape index (κ2) is 11.8. The highest BCUT2D eigenvalue weighted by Gasteiger charge is 2.10. The Morgan fingerprint density at radius 3 is 1.93 bits per heavy atom. The Morgan fingerprint density at radius 1 is 1.13 bits per heavy atom. The minimum atomic E-state index is 0. The van der Waals surface area contributed by atoms with Gasteiger partial charge in [0.2, 0.25) is 5.91 Å². The number of carbonyl (C=O) groups is 1. The Balaban J connectivity index is 0. The summed E-state index contributed by atoms with van der Waals surface area (Å²) in [6.45, 7) is 6.60. The van der Waals surface area contributed by atoms with E-state index < -0.39 is 0 Å². The van der Waals surface area contributed by atoms with E-state index in [2.05, 4.69) is 19.2 Å². The van der Waals surface area contributed by atoms with E-state index in [4.69, 9.17) is 0 Å². The van der Waals surface area contributed by atoms with Crippen LogP contribution < -0.4 is 5.32 Å². The maximum Gasteiger partial charge on any atom is 0.236 e. The standard InChI is InChI=1S/C11H24N2O.ClH/c1-4-6-8-13(9-7-5-2)11(14)10-12-3;/h12H,4-10H2,1-3H3;1H. The number of hydrogen-bond donors (Lipinski definition) is 1. The predicted octanol–water partition coefficient (Wildman–Crippen LogP) is 2.06. The quantitative estimate of drug-likeness (QED) is 0.700. The van der Waals surface area contributed by atoms with Gasteiger partial charge in [-0.1, -0.05) is 26.7 Å². The number of rotatable bonds is 8. The highest BCUT2D eigenvalue weighted by atomic mass is 35.5. The van der Waals surface area contributed by atoms with Gasteiger partial charge in [-0.05, 0) is 19.9 Å². The van der Waals surface area contributed by atoms with Crippen molar-refractivity contribution < 1.29 is 4.79 Å². The first kappa shape index (κ1) is 17.1. The summed E-state index contributed by atoms with van der Waals surface area (Å²) in [5.41, 5.74) is 0. The number of halogens is 1. The Morgan fingerprint density at radius 2 is 1.60 bits per heavy atom.